The first-order valence-corrected chi connectivity index (χ1v) is 11.1. The third kappa shape index (κ3) is 3.60. The average molecular weight is 464 g/mol. The van der Waals surface area contributed by atoms with Gasteiger partial charge in [-0.1, -0.05) is 60.7 Å². The van der Waals surface area contributed by atoms with Gasteiger partial charge in [0.25, 0.3) is 0 Å². The number of ether oxygens (including phenoxy) is 1. The lowest BCUT2D eigenvalue weighted by atomic mass is 10.2. The van der Waals surface area contributed by atoms with E-state index < -0.39 is 0 Å². The van der Waals surface area contributed by atoms with Crippen LogP contribution in [0.15, 0.2) is 109 Å². The molecule has 0 N–H and O–H groups in total. The molecule has 4 aromatic carbocycles. The van der Waals surface area contributed by atoms with E-state index in [4.69, 9.17) is 21.3 Å². The van der Waals surface area contributed by atoms with Gasteiger partial charge < -0.3 is 4.74 Å². The van der Waals surface area contributed by atoms with Crippen molar-refractivity contribution in [1.82, 2.24) is 15.0 Å². The molecular weight excluding hydrogens is 446 g/mol. The minimum Gasteiger partial charge on any atom is -0.453 e. The highest BCUT2D eigenvalue weighted by molar-refractivity contribution is 6.28. The zero-order valence-electron chi connectivity index (χ0n) is 17.9. The molecular formula is C27H18ClN5O. The van der Waals surface area contributed by atoms with Gasteiger partial charge in [0.1, 0.15) is 0 Å². The van der Waals surface area contributed by atoms with Crippen molar-refractivity contribution in [2.75, 3.05) is 9.80 Å². The Bertz CT molecular complexity index is 1380. The molecule has 0 saturated heterocycles. The molecule has 0 aliphatic carbocycles. The molecule has 34 heavy (non-hydrogen) atoms. The Labute approximate surface area is 201 Å². The SMILES string of the molecule is Clc1nc(N(c2ccccc2)c2ccccc2)nc(N2c3ccccc3Oc3ccccc32)n1. The van der Waals surface area contributed by atoms with Crippen LogP contribution < -0.4 is 14.5 Å². The highest BCUT2D eigenvalue weighted by atomic mass is 35.5. The van der Waals surface area contributed by atoms with Crippen LogP contribution in [0.5, 0.6) is 11.5 Å². The molecule has 0 spiro atoms. The summed E-state index contributed by atoms with van der Waals surface area (Å²) in [5, 5.41) is 0.0957. The molecule has 0 saturated carbocycles. The molecule has 0 amide bonds. The zero-order chi connectivity index (χ0) is 22.9. The molecule has 0 fully saturated rings. The monoisotopic (exact) mass is 463 g/mol. The van der Waals surface area contributed by atoms with Crippen LogP contribution in [0, 0.1) is 0 Å². The van der Waals surface area contributed by atoms with E-state index in [9.17, 15) is 0 Å². The van der Waals surface area contributed by atoms with E-state index >= 15 is 0 Å². The Morgan fingerprint density at radius 3 is 1.65 bits per heavy atom. The van der Waals surface area contributed by atoms with Gasteiger partial charge in [0.05, 0.1) is 11.4 Å². The summed E-state index contributed by atoms with van der Waals surface area (Å²) < 4.78 is 6.12. The van der Waals surface area contributed by atoms with Crippen LogP contribution in [0.1, 0.15) is 0 Å². The summed E-state index contributed by atoms with van der Waals surface area (Å²) in [7, 11) is 0. The highest BCUT2D eigenvalue weighted by Crippen LogP contribution is 2.49. The number of halogens is 1. The van der Waals surface area contributed by atoms with Crippen molar-refractivity contribution < 1.29 is 4.74 Å². The predicted octanol–water partition coefficient (Wildman–Crippen LogP) is 7.57. The van der Waals surface area contributed by atoms with Gasteiger partial charge in [-0.05, 0) is 60.1 Å². The maximum absolute atomic E-state index is 6.50. The molecule has 7 heteroatoms. The van der Waals surface area contributed by atoms with E-state index in [1.54, 1.807) is 0 Å². The lowest BCUT2D eigenvalue weighted by molar-refractivity contribution is 0.476. The van der Waals surface area contributed by atoms with Gasteiger partial charge in [-0.15, -0.1) is 0 Å². The third-order valence-corrected chi connectivity index (χ3v) is 5.61. The minimum atomic E-state index is 0.0957. The van der Waals surface area contributed by atoms with Gasteiger partial charge in [0.15, 0.2) is 11.5 Å². The topological polar surface area (TPSA) is 54.4 Å². The normalized spacial score (nSPS) is 11.9. The van der Waals surface area contributed by atoms with E-state index in [1.807, 2.05) is 119 Å². The van der Waals surface area contributed by atoms with Crippen LogP contribution in [0.4, 0.5) is 34.6 Å². The predicted molar refractivity (Wildman–Crippen MR) is 134 cm³/mol. The van der Waals surface area contributed by atoms with E-state index in [2.05, 4.69) is 9.97 Å². The van der Waals surface area contributed by atoms with Crippen LogP contribution >= 0.6 is 11.6 Å². The molecule has 2 heterocycles. The molecule has 6 nitrogen and oxygen atoms in total. The second-order valence-electron chi connectivity index (χ2n) is 7.58. The van der Waals surface area contributed by atoms with Gasteiger partial charge >= 0.3 is 0 Å². The highest BCUT2D eigenvalue weighted by Gasteiger charge is 2.29. The van der Waals surface area contributed by atoms with Crippen molar-refractivity contribution in [3.8, 4) is 11.5 Å². The van der Waals surface area contributed by atoms with E-state index in [0.29, 0.717) is 23.4 Å². The maximum Gasteiger partial charge on any atom is 0.241 e. The number of rotatable bonds is 4. The summed E-state index contributed by atoms with van der Waals surface area (Å²) in [5.41, 5.74) is 3.45. The van der Waals surface area contributed by atoms with Crippen LogP contribution in [0.25, 0.3) is 0 Å². The molecule has 1 aliphatic rings. The molecule has 5 aromatic rings. The van der Waals surface area contributed by atoms with Gasteiger partial charge in [-0.2, -0.15) is 15.0 Å². The molecule has 0 unspecified atom stereocenters. The van der Waals surface area contributed by atoms with Crippen LogP contribution in [0.2, 0.25) is 5.28 Å². The Morgan fingerprint density at radius 1 is 0.588 bits per heavy atom. The standard InChI is InChI=1S/C27H18ClN5O/c28-25-29-26(32(19-11-3-1-4-12-19)20-13-5-2-6-14-20)31-27(30-25)33-21-15-7-9-17-23(21)34-24-18-10-8-16-22(24)33/h1-18H. The van der Waals surface area contributed by atoms with E-state index in [-0.39, 0.29) is 5.28 Å². The van der Waals surface area contributed by atoms with Gasteiger partial charge in [0, 0.05) is 11.4 Å². The Kier molecular flexibility index (Phi) is 5.05. The van der Waals surface area contributed by atoms with Crippen molar-refractivity contribution in [2.24, 2.45) is 0 Å². The Morgan fingerprint density at radius 2 is 1.09 bits per heavy atom. The Hall–Kier alpha value is -4.42. The fourth-order valence-electron chi connectivity index (χ4n) is 3.98. The summed E-state index contributed by atoms with van der Waals surface area (Å²) in [6.07, 6.45) is 0. The molecule has 6 rings (SSSR count). The van der Waals surface area contributed by atoms with Crippen LogP contribution in [0.3, 0.4) is 0 Å². The van der Waals surface area contributed by atoms with Crippen molar-refractivity contribution in [3.05, 3.63) is 114 Å². The number of benzene rings is 4. The number of hydrogen-bond donors (Lipinski definition) is 0. The summed E-state index contributed by atoms with van der Waals surface area (Å²) in [6.45, 7) is 0. The smallest absolute Gasteiger partial charge is 0.241 e. The fourth-order valence-corrected chi connectivity index (χ4v) is 4.13. The average Bonchev–Trinajstić information content (AvgIpc) is 2.88. The summed E-state index contributed by atoms with van der Waals surface area (Å²) >= 11 is 6.50. The van der Waals surface area contributed by atoms with Gasteiger partial charge in [0.2, 0.25) is 17.2 Å². The maximum atomic E-state index is 6.50. The summed E-state index contributed by atoms with van der Waals surface area (Å²) in [6, 6.07) is 35.4. The van der Waals surface area contributed by atoms with Crippen LogP contribution in [-0.4, -0.2) is 15.0 Å². The fraction of sp³-hybridized carbons (Fsp3) is 0. The Balaban J connectivity index is 1.55. The molecule has 0 atom stereocenters. The molecule has 1 aromatic heterocycles. The number of fused-ring (bicyclic) bond motifs is 2. The lowest BCUT2D eigenvalue weighted by Crippen LogP contribution is -2.21. The first kappa shape index (κ1) is 20.2. The summed E-state index contributed by atoms with van der Waals surface area (Å²) in [4.78, 5) is 17.8. The number of anilines is 6. The number of para-hydroxylation sites is 6. The van der Waals surface area contributed by atoms with Gasteiger partial charge in [-0.25, -0.2) is 0 Å². The first-order valence-electron chi connectivity index (χ1n) is 10.8. The van der Waals surface area contributed by atoms with Crippen molar-refractivity contribution in [2.45, 2.75) is 0 Å². The molecule has 164 valence electrons. The quantitative estimate of drug-likeness (QED) is 0.268. The van der Waals surface area contributed by atoms with E-state index in [0.717, 1.165) is 22.7 Å². The van der Waals surface area contributed by atoms with Crippen molar-refractivity contribution in [3.63, 3.8) is 0 Å². The second kappa shape index (κ2) is 8.50. The van der Waals surface area contributed by atoms with E-state index in [1.165, 1.54) is 0 Å². The number of hydrogen-bond acceptors (Lipinski definition) is 6. The molecule has 0 radical (unpaired) electrons. The first-order chi connectivity index (χ1) is 16.8. The van der Waals surface area contributed by atoms with Crippen molar-refractivity contribution in [1.29, 1.82) is 0 Å². The molecule has 1 aliphatic heterocycles. The molecule has 0 bridgehead atoms. The van der Waals surface area contributed by atoms with Crippen molar-refractivity contribution >= 4 is 46.2 Å². The van der Waals surface area contributed by atoms with Crippen LogP contribution in [-0.2, 0) is 0 Å². The summed E-state index contributed by atoms with van der Waals surface area (Å²) in [5.74, 6) is 2.23. The minimum absolute atomic E-state index is 0.0957. The number of nitrogens with zero attached hydrogens (tertiary/aromatic N) is 5. The second-order valence-corrected chi connectivity index (χ2v) is 7.92. The van der Waals surface area contributed by atoms with Gasteiger partial charge in [-0.3, -0.25) is 9.80 Å². The largest absolute Gasteiger partial charge is 0.453 e. The zero-order valence-corrected chi connectivity index (χ0v) is 18.7. The number of aromatic nitrogens is 3. The third-order valence-electron chi connectivity index (χ3n) is 5.45. The lowest BCUT2D eigenvalue weighted by Gasteiger charge is -2.31.